The average molecular weight is 239 g/mol. The van der Waals surface area contributed by atoms with Gasteiger partial charge in [-0.25, -0.2) is 0 Å². The summed E-state index contributed by atoms with van der Waals surface area (Å²) >= 11 is 1.91. The number of hydrogen-bond donors (Lipinski definition) is 1. The summed E-state index contributed by atoms with van der Waals surface area (Å²) < 4.78 is 5.34. The van der Waals surface area contributed by atoms with Crippen molar-refractivity contribution in [2.75, 3.05) is 0 Å². The summed E-state index contributed by atoms with van der Waals surface area (Å²) in [5, 5.41) is 0.566. The van der Waals surface area contributed by atoms with Crippen LogP contribution >= 0.6 is 11.8 Å². The van der Waals surface area contributed by atoms with Crippen LogP contribution in [0.15, 0.2) is 21.6 Å². The van der Waals surface area contributed by atoms with Gasteiger partial charge in [-0.2, -0.15) is 0 Å². The van der Waals surface area contributed by atoms with Crippen LogP contribution in [0.25, 0.3) is 0 Å². The van der Waals surface area contributed by atoms with E-state index in [2.05, 4.69) is 6.07 Å². The van der Waals surface area contributed by atoms with E-state index in [1.54, 1.807) is 6.26 Å². The number of nitrogens with two attached hydrogens (primary N) is 1. The van der Waals surface area contributed by atoms with E-state index < -0.39 is 0 Å². The summed E-state index contributed by atoms with van der Waals surface area (Å²) in [5.74, 6) is 1.03. The van der Waals surface area contributed by atoms with E-state index in [-0.39, 0.29) is 0 Å². The van der Waals surface area contributed by atoms with Crippen LogP contribution in [-0.4, -0.2) is 11.3 Å². The summed E-state index contributed by atoms with van der Waals surface area (Å²) in [6, 6.07) is 2.41. The van der Waals surface area contributed by atoms with Crippen molar-refractivity contribution in [3.8, 4) is 0 Å². The second-order valence-electron chi connectivity index (χ2n) is 4.65. The maximum Gasteiger partial charge on any atom is 0.114 e. The molecule has 0 radical (unpaired) electrons. The quantitative estimate of drug-likeness (QED) is 0.854. The van der Waals surface area contributed by atoms with E-state index >= 15 is 0 Å². The molecular formula is C13H21NOS. The van der Waals surface area contributed by atoms with Crippen LogP contribution in [0.4, 0.5) is 0 Å². The van der Waals surface area contributed by atoms with Crippen molar-refractivity contribution in [1.82, 2.24) is 0 Å². The number of thioether (sulfide) groups is 1. The molecule has 1 aliphatic carbocycles. The molecule has 1 aliphatic rings. The van der Waals surface area contributed by atoms with Crippen LogP contribution < -0.4 is 5.73 Å². The lowest BCUT2D eigenvalue weighted by atomic mass is 9.97. The predicted molar refractivity (Wildman–Crippen MR) is 68.8 cm³/mol. The van der Waals surface area contributed by atoms with Crippen LogP contribution in [-0.2, 0) is 0 Å². The first-order chi connectivity index (χ1) is 7.77. The van der Waals surface area contributed by atoms with Crippen LogP contribution in [0.2, 0.25) is 0 Å². The topological polar surface area (TPSA) is 39.2 Å². The third-order valence-corrected chi connectivity index (χ3v) is 4.91. The summed E-state index contributed by atoms with van der Waals surface area (Å²) in [6.45, 7) is 2.02. The molecule has 0 spiro atoms. The third-order valence-electron chi connectivity index (χ3n) is 3.34. The van der Waals surface area contributed by atoms with E-state index in [9.17, 15) is 0 Å². The predicted octanol–water partition coefficient (Wildman–Crippen LogP) is 3.73. The summed E-state index contributed by atoms with van der Waals surface area (Å²) in [5.41, 5.74) is 6.26. The largest absolute Gasteiger partial charge is 0.468 e. The second kappa shape index (κ2) is 5.78. The highest BCUT2D eigenvalue weighted by atomic mass is 32.2. The fourth-order valence-corrected chi connectivity index (χ4v) is 3.55. The lowest BCUT2D eigenvalue weighted by molar-refractivity contribution is 0.463. The Bertz CT molecular complexity index is 323. The van der Waals surface area contributed by atoms with E-state index in [1.165, 1.54) is 43.4 Å². The Labute approximate surface area is 102 Å². The molecule has 2 N–H and O–H groups in total. The van der Waals surface area contributed by atoms with Crippen molar-refractivity contribution in [3.63, 3.8) is 0 Å². The standard InChI is InChI=1S/C13H21NOS/c1-10-12(8-9-15-10)16-13-7-5-3-2-4-6-11(13)14/h8-9,11,13H,2-7,14H2,1H3. The molecule has 2 rings (SSSR count). The molecule has 1 aromatic rings. The molecule has 0 bridgehead atoms. The van der Waals surface area contributed by atoms with E-state index in [4.69, 9.17) is 10.2 Å². The normalized spacial score (nSPS) is 27.4. The zero-order valence-electron chi connectivity index (χ0n) is 9.95. The van der Waals surface area contributed by atoms with Gasteiger partial charge >= 0.3 is 0 Å². The number of aryl methyl sites for hydroxylation is 1. The average Bonchev–Trinajstić information content (AvgIpc) is 2.64. The zero-order valence-corrected chi connectivity index (χ0v) is 10.8. The van der Waals surface area contributed by atoms with Crippen molar-refractivity contribution in [2.45, 2.75) is 61.6 Å². The molecule has 1 heterocycles. The molecule has 2 nitrogen and oxygen atoms in total. The van der Waals surface area contributed by atoms with Gasteiger partial charge in [0.05, 0.1) is 6.26 Å². The minimum Gasteiger partial charge on any atom is -0.468 e. The molecule has 90 valence electrons. The Balaban J connectivity index is 1.98. The van der Waals surface area contributed by atoms with Gasteiger partial charge in [-0.1, -0.05) is 25.7 Å². The molecule has 2 atom stereocenters. The van der Waals surface area contributed by atoms with Crippen molar-refractivity contribution in [3.05, 3.63) is 18.1 Å². The molecule has 1 aromatic heterocycles. The highest BCUT2D eigenvalue weighted by Gasteiger charge is 2.21. The van der Waals surface area contributed by atoms with Gasteiger partial charge in [0.1, 0.15) is 5.76 Å². The fraction of sp³-hybridized carbons (Fsp3) is 0.692. The smallest absolute Gasteiger partial charge is 0.114 e. The van der Waals surface area contributed by atoms with Crippen LogP contribution in [0.1, 0.15) is 44.3 Å². The Kier molecular flexibility index (Phi) is 4.36. The molecule has 1 fully saturated rings. The summed E-state index contributed by atoms with van der Waals surface area (Å²) in [7, 11) is 0. The molecular weight excluding hydrogens is 218 g/mol. The van der Waals surface area contributed by atoms with Gasteiger partial charge in [0.2, 0.25) is 0 Å². The van der Waals surface area contributed by atoms with Gasteiger partial charge in [-0.15, -0.1) is 11.8 Å². The van der Waals surface area contributed by atoms with Gasteiger partial charge < -0.3 is 10.2 Å². The fourth-order valence-electron chi connectivity index (χ4n) is 2.28. The minimum absolute atomic E-state index is 0.347. The third kappa shape index (κ3) is 3.05. The Morgan fingerprint density at radius 3 is 2.69 bits per heavy atom. The van der Waals surface area contributed by atoms with Crippen molar-refractivity contribution >= 4 is 11.8 Å². The number of hydrogen-bond acceptors (Lipinski definition) is 3. The van der Waals surface area contributed by atoms with E-state index in [1.807, 2.05) is 18.7 Å². The highest BCUT2D eigenvalue weighted by Crippen LogP contribution is 2.33. The summed E-state index contributed by atoms with van der Waals surface area (Å²) in [4.78, 5) is 1.26. The molecule has 2 unspecified atom stereocenters. The molecule has 0 aliphatic heterocycles. The first-order valence-corrected chi connectivity index (χ1v) is 7.11. The Morgan fingerprint density at radius 2 is 2.00 bits per heavy atom. The lowest BCUT2D eigenvalue weighted by Crippen LogP contribution is -2.33. The minimum atomic E-state index is 0.347. The number of rotatable bonds is 2. The Morgan fingerprint density at radius 1 is 1.25 bits per heavy atom. The second-order valence-corrected chi connectivity index (χ2v) is 5.93. The van der Waals surface area contributed by atoms with Crippen molar-refractivity contribution in [2.24, 2.45) is 5.73 Å². The maximum atomic E-state index is 6.26. The van der Waals surface area contributed by atoms with Crippen molar-refractivity contribution < 1.29 is 4.42 Å². The zero-order chi connectivity index (χ0) is 11.4. The van der Waals surface area contributed by atoms with Crippen LogP contribution in [0.5, 0.6) is 0 Å². The maximum absolute atomic E-state index is 6.26. The van der Waals surface area contributed by atoms with Gasteiger partial charge in [-0.05, 0) is 25.8 Å². The monoisotopic (exact) mass is 239 g/mol. The van der Waals surface area contributed by atoms with Gasteiger partial charge in [-0.3, -0.25) is 0 Å². The Hall–Kier alpha value is -0.410. The van der Waals surface area contributed by atoms with E-state index in [0.717, 1.165) is 5.76 Å². The number of furan rings is 1. The lowest BCUT2D eigenvalue weighted by Gasteiger charge is -2.25. The van der Waals surface area contributed by atoms with Crippen LogP contribution in [0.3, 0.4) is 0 Å². The van der Waals surface area contributed by atoms with Gasteiger partial charge in [0.25, 0.3) is 0 Å². The molecule has 0 aromatic carbocycles. The molecule has 3 heteroatoms. The first kappa shape index (κ1) is 12.1. The van der Waals surface area contributed by atoms with Gasteiger partial charge in [0.15, 0.2) is 0 Å². The molecule has 0 saturated heterocycles. The summed E-state index contributed by atoms with van der Waals surface area (Å²) in [6.07, 6.45) is 9.53. The van der Waals surface area contributed by atoms with E-state index in [0.29, 0.717) is 11.3 Å². The first-order valence-electron chi connectivity index (χ1n) is 6.23. The SMILES string of the molecule is Cc1occc1SC1CCCCCCC1N. The van der Waals surface area contributed by atoms with Crippen molar-refractivity contribution in [1.29, 1.82) is 0 Å². The molecule has 16 heavy (non-hydrogen) atoms. The molecule has 0 amide bonds. The highest BCUT2D eigenvalue weighted by molar-refractivity contribution is 8.00. The molecule has 1 saturated carbocycles. The van der Waals surface area contributed by atoms with Crippen LogP contribution in [0, 0.1) is 6.92 Å². The van der Waals surface area contributed by atoms with Gasteiger partial charge in [0, 0.05) is 16.2 Å².